The van der Waals surface area contributed by atoms with Crippen LogP contribution < -0.4 is 10.1 Å². The number of benzene rings is 2. The predicted octanol–water partition coefficient (Wildman–Crippen LogP) is 5.56. The van der Waals surface area contributed by atoms with E-state index < -0.39 is 0 Å². The van der Waals surface area contributed by atoms with Crippen LogP contribution in [0.1, 0.15) is 24.2 Å². The molecule has 0 radical (unpaired) electrons. The van der Waals surface area contributed by atoms with Crippen molar-refractivity contribution in [2.75, 3.05) is 11.9 Å². The van der Waals surface area contributed by atoms with Crippen LogP contribution in [0.4, 0.5) is 11.5 Å². The number of fused-ring (bicyclic) bond motifs is 1. The van der Waals surface area contributed by atoms with Crippen molar-refractivity contribution in [1.29, 1.82) is 0 Å². The van der Waals surface area contributed by atoms with E-state index in [2.05, 4.69) is 15.3 Å². The Balaban J connectivity index is 1.64. The number of anilines is 1. The number of ether oxygens (including phenoxy) is 1. The largest absolute Gasteiger partial charge is 0.457 e. The van der Waals surface area contributed by atoms with Crippen LogP contribution in [0, 0.1) is 6.92 Å². The van der Waals surface area contributed by atoms with Gasteiger partial charge < -0.3 is 10.1 Å². The van der Waals surface area contributed by atoms with Crippen molar-refractivity contribution < 1.29 is 4.74 Å². The Morgan fingerprint density at radius 1 is 1.11 bits per heavy atom. The lowest BCUT2D eigenvalue weighted by Gasteiger charge is -2.09. The Bertz CT molecular complexity index is 1000. The summed E-state index contributed by atoms with van der Waals surface area (Å²) in [5.74, 6) is 3.01. The fraction of sp³-hybridized carbons (Fsp3) is 0.190. The van der Waals surface area contributed by atoms with Gasteiger partial charge in [0.1, 0.15) is 23.1 Å². The Morgan fingerprint density at radius 3 is 2.78 bits per heavy atom. The molecule has 3 aromatic rings. The predicted molar refractivity (Wildman–Crippen MR) is 109 cm³/mol. The van der Waals surface area contributed by atoms with Crippen LogP contribution in [-0.2, 0) is 0 Å². The molecule has 0 saturated heterocycles. The first kappa shape index (κ1) is 17.5. The molecule has 0 atom stereocenters. The van der Waals surface area contributed by atoms with Gasteiger partial charge in [-0.3, -0.25) is 4.99 Å². The standard InChI is InChI=1S/C21H19ClN4O/c1-14-24-13-19-20(9-4-10-23-21(19)25-14)26-16-6-3-8-18(12-16)27-17-7-2-5-15(22)11-17/h2-3,5-8,11-13H,4,9-10H2,1H3,(H,23,24,25). The molecule has 0 unspecified atom stereocenters. The maximum absolute atomic E-state index is 6.03. The van der Waals surface area contributed by atoms with E-state index in [9.17, 15) is 0 Å². The molecule has 0 saturated carbocycles. The van der Waals surface area contributed by atoms with Gasteiger partial charge in [-0.25, -0.2) is 9.97 Å². The van der Waals surface area contributed by atoms with Crippen LogP contribution >= 0.6 is 11.6 Å². The molecule has 2 aromatic carbocycles. The van der Waals surface area contributed by atoms with Crippen molar-refractivity contribution in [3.8, 4) is 11.5 Å². The smallest absolute Gasteiger partial charge is 0.138 e. The number of aryl methyl sites for hydroxylation is 1. The molecule has 0 amide bonds. The average molecular weight is 379 g/mol. The van der Waals surface area contributed by atoms with E-state index in [4.69, 9.17) is 21.3 Å². The summed E-state index contributed by atoms with van der Waals surface area (Å²) < 4.78 is 5.91. The maximum atomic E-state index is 6.03. The zero-order chi connectivity index (χ0) is 18.6. The molecule has 6 heteroatoms. The van der Waals surface area contributed by atoms with Gasteiger partial charge in [0.25, 0.3) is 0 Å². The molecule has 27 heavy (non-hydrogen) atoms. The molecule has 4 rings (SSSR count). The highest BCUT2D eigenvalue weighted by molar-refractivity contribution is 6.30. The molecule has 5 nitrogen and oxygen atoms in total. The van der Waals surface area contributed by atoms with Gasteiger partial charge in [-0.15, -0.1) is 0 Å². The van der Waals surface area contributed by atoms with E-state index >= 15 is 0 Å². The average Bonchev–Trinajstić information content (AvgIpc) is 2.84. The summed E-state index contributed by atoms with van der Waals surface area (Å²) in [6.45, 7) is 2.76. The third-order valence-electron chi connectivity index (χ3n) is 4.22. The lowest BCUT2D eigenvalue weighted by Crippen LogP contribution is -2.06. The number of nitrogens with zero attached hydrogens (tertiary/aromatic N) is 3. The fourth-order valence-corrected chi connectivity index (χ4v) is 3.15. The molecule has 1 N–H and O–H groups in total. The first-order valence-electron chi connectivity index (χ1n) is 8.86. The summed E-state index contributed by atoms with van der Waals surface area (Å²) in [7, 11) is 0. The molecule has 136 valence electrons. The molecular formula is C21H19ClN4O. The van der Waals surface area contributed by atoms with E-state index in [1.807, 2.05) is 55.6 Å². The van der Waals surface area contributed by atoms with Crippen molar-refractivity contribution in [3.63, 3.8) is 0 Å². The number of rotatable bonds is 3. The third kappa shape index (κ3) is 4.26. The van der Waals surface area contributed by atoms with Crippen molar-refractivity contribution in [2.45, 2.75) is 19.8 Å². The van der Waals surface area contributed by atoms with Gasteiger partial charge in [0.15, 0.2) is 0 Å². The first-order chi connectivity index (χ1) is 13.2. The Kier molecular flexibility index (Phi) is 5.03. The van der Waals surface area contributed by atoms with Crippen LogP contribution in [-0.4, -0.2) is 22.2 Å². The summed E-state index contributed by atoms with van der Waals surface area (Å²) in [5.41, 5.74) is 2.77. The first-order valence-corrected chi connectivity index (χ1v) is 9.24. The van der Waals surface area contributed by atoms with Crippen LogP contribution in [0.15, 0.2) is 59.7 Å². The monoisotopic (exact) mass is 378 g/mol. The van der Waals surface area contributed by atoms with E-state index in [1.54, 1.807) is 6.07 Å². The van der Waals surface area contributed by atoms with Crippen molar-refractivity contribution in [1.82, 2.24) is 9.97 Å². The van der Waals surface area contributed by atoms with Gasteiger partial charge in [0, 0.05) is 23.8 Å². The number of aromatic nitrogens is 2. The van der Waals surface area contributed by atoms with Gasteiger partial charge in [0.2, 0.25) is 0 Å². The molecule has 0 fully saturated rings. The minimum atomic E-state index is 0.641. The lowest BCUT2D eigenvalue weighted by atomic mass is 10.1. The summed E-state index contributed by atoms with van der Waals surface area (Å²) in [6, 6.07) is 15.0. The highest BCUT2D eigenvalue weighted by atomic mass is 35.5. The molecule has 2 heterocycles. The molecule has 0 spiro atoms. The van der Waals surface area contributed by atoms with Crippen LogP contribution in [0.5, 0.6) is 11.5 Å². The van der Waals surface area contributed by atoms with Gasteiger partial charge in [0.05, 0.1) is 17.0 Å². The van der Waals surface area contributed by atoms with Gasteiger partial charge in [-0.1, -0.05) is 23.7 Å². The number of halogens is 1. The summed E-state index contributed by atoms with van der Waals surface area (Å²) in [6.07, 6.45) is 3.71. The quantitative estimate of drug-likeness (QED) is 0.648. The molecule has 1 aliphatic rings. The van der Waals surface area contributed by atoms with Gasteiger partial charge >= 0.3 is 0 Å². The second-order valence-corrected chi connectivity index (χ2v) is 6.76. The normalized spacial score (nSPS) is 15.0. The van der Waals surface area contributed by atoms with Crippen molar-refractivity contribution in [2.24, 2.45) is 4.99 Å². The highest BCUT2D eigenvalue weighted by Crippen LogP contribution is 2.29. The molecule has 1 aliphatic heterocycles. The summed E-state index contributed by atoms with van der Waals surface area (Å²) in [4.78, 5) is 13.7. The second kappa shape index (κ2) is 7.76. The molecule has 0 bridgehead atoms. The molecule has 0 aliphatic carbocycles. The maximum Gasteiger partial charge on any atom is 0.138 e. The number of aliphatic imine (C=N–C) groups is 1. The number of hydrogen-bond donors (Lipinski definition) is 1. The lowest BCUT2D eigenvalue weighted by molar-refractivity contribution is 0.483. The van der Waals surface area contributed by atoms with Crippen LogP contribution in [0.25, 0.3) is 0 Å². The topological polar surface area (TPSA) is 59.4 Å². The second-order valence-electron chi connectivity index (χ2n) is 6.33. The SMILES string of the molecule is Cc1ncc2c(n1)NCCCC2=Nc1cccc(Oc2cccc(Cl)c2)c1. The van der Waals surface area contributed by atoms with Crippen molar-refractivity contribution in [3.05, 3.63) is 71.1 Å². The number of nitrogens with one attached hydrogen (secondary N) is 1. The van der Waals surface area contributed by atoms with Crippen LogP contribution in [0.2, 0.25) is 5.02 Å². The highest BCUT2D eigenvalue weighted by Gasteiger charge is 2.16. The number of hydrogen-bond acceptors (Lipinski definition) is 5. The van der Waals surface area contributed by atoms with E-state index in [0.717, 1.165) is 48.0 Å². The zero-order valence-electron chi connectivity index (χ0n) is 14.9. The Morgan fingerprint density at radius 2 is 1.93 bits per heavy atom. The minimum Gasteiger partial charge on any atom is -0.457 e. The molecule has 1 aromatic heterocycles. The zero-order valence-corrected chi connectivity index (χ0v) is 15.7. The Labute approximate surface area is 163 Å². The van der Waals surface area contributed by atoms with Gasteiger partial charge in [-0.05, 0) is 50.1 Å². The fourth-order valence-electron chi connectivity index (χ4n) is 2.97. The van der Waals surface area contributed by atoms with E-state index in [0.29, 0.717) is 16.5 Å². The summed E-state index contributed by atoms with van der Waals surface area (Å²) in [5, 5.41) is 4.00. The van der Waals surface area contributed by atoms with Crippen LogP contribution in [0.3, 0.4) is 0 Å². The van der Waals surface area contributed by atoms with Crippen molar-refractivity contribution >= 4 is 28.8 Å². The van der Waals surface area contributed by atoms with E-state index in [-0.39, 0.29) is 0 Å². The van der Waals surface area contributed by atoms with E-state index in [1.165, 1.54) is 0 Å². The van der Waals surface area contributed by atoms with Gasteiger partial charge in [-0.2, -0.15) is 0 Å². The molecular weight excluding hydrogens is 360 g/mol. The minimum absolute atomic E-state index is 0.641. The summed E-state index contributed by atoms with van der Waals surface area (Å²) >= 11 is 6.03. The Hall–Kier alpha value is -2.92. The third-order valence-corrected chi connectivity index (χ3v) is 4.45.